The van der Waals surface area contributed by atoms with Gasteiger partial charge in [-0.05, 0) is 39.0 Å². The number of hydrogen-bond donors (Lipinski definition) is 0. The minimum atomic E-state index is 0.574. The van der Waals surface area contributed by atoms with Crippen molar-refractivity contribution < 1.29 is 4.79 Å². The van der Waals surface area contributed by atoms with Gasteiger partial charge in [-0.1, -0.05) is 23.3 Å². The molecule has 1 rings (SSSR count). The van der Waals surface area contributed by atoms with Crippen LogP contribution in [0.15, 0.2) is 23.3 Å². The van der Waals surface area contributed by atoms with Gasteiger partial charge in [0.1, 0.15) is 6.29 Å². The summed E-state index contributed by atoms with van der Waals surface area (Å²) in [7, 11) is 0. The van der Waals surface area contributed by atoms with Crippen molar-refractivity contribution >= 4 is 6.29 Å². The van der Waals surface area contributed by atoms with E-state index in [-0.39, 0.29) is 0 Å². The lowest BCUT2D eigenvalue weighted by Crippen LogP contribution is -2.06. The topological polar surface area (TPSA) is 17.1 Å². The Morgan fingerprint density at radius 2 is 2.46 bits per heavy atom. The lowest BCUT2D eigenvalue weighted by Gasteiger charge is -2.21. The number of aldehydes is 1. The molecular weight excluding hydrogens is 160 g/mol. The van der Waals surface area contributed by atoms with Crippen molar-refractivity contribution in [2.75, 3.05) is 0 Å². The molecule has 0 amide bonds. The SMILES string of the molecule is CC1=CCC(/C(C)=C\CC=O)CC1. The van der Waals surface area contributed by atoms with Gasteiger partial charge in [-0.15, -0.1) is 0 Å². The Kier molecular flexibility index (Phi) is 3.94. The highest BCUT2D eigenvalue weighted by Gasteiger charge is 2.13. The van der Waals surface area contributed by atoms with Crippen molar-refractivity contribution in [2.45, 2.75) is 39.5 Å². The third kappa shape index (κ3) is 3.17. The zero-order valence-corrected chi connectivity index (χ0v) is 8.55. The molecule has 0 fully saturated rings. The quantitative estimate of drug-likeness (QED) is 0.479. The summed E-state index contributed by atoms with van der Waals surface area (Å²) in [5.41, 5.74) is 2.90. The molecule has 1 heteroatoms. The van der Waals surface area contributed by atoms with E-state index in [2.05, 4.69) is 26.0 Å². The summed E-state index contributed by atoms with van der Waals surface area (Å²) in [5, 5.41) is 0. The van der Waals surface area contributed by atoms with Gasteiger partial charge in [-0.25, -0.2) is 0 Å². The van der Waals surface area contributed by atoms with Crippen molar-refractivity contribution in [3.05, 3.63) is 23.3 Å². The Morgan fingerprint density at radius 1 is 1.69 bits per heavy atom. The van der Waals surface area contributed by atoms with Gasteiger partial charge in [0.15, 0.2) is 0 Å². The number of hydrogen-bond acceptors (Lipinski definition) is 1. The Bertz CT molecular complexity index is 236. The number of rotatable bonds is 3. The maximum atomic E-state index is 10.2. The molecule has 0 radical (unpaired) electrons. The fourth-order valence-corrected chi connectivity index (χ4v) is 1.78. The summed E-state index contributed by atoms with van der Waals surface area (Å²) in [6.45, 7) is 4.34. The molecule has 13 heavy (non-hydrogen) atoms. The maximum absolute atomic E-state index is 10.2. The average molecular weight is 178 g/mol. The van der Waals surface area contributed by atoms with Crippen LogP contribution in [0.4, 0.5) is 0 Å². The standard InChI is InChI=1S/C12H18O/c1-10-5-7-12(8-6-10)11(2)4-3-9-13/h4-5,9,12H,3,6-8H2,1-2H3/b11-4-. The minimum Gasteiger partial charge on any atom is -0.303 e. The molecule has 0 saturated carbocycles. The van der Waals surface area contributed by atoms with E-state index < -0.39 is 0 Å². The Labute approximate surface area is 80.5 Å². The molecule has 0 aliphatic heterocycles. The number of allylic oxidation sites excluding steroid dienone is 4. The number of carbonyl (C=O) groups excluding carboxylic acids is 1. The first-order chi connectivity index (χ1) is 6.24. The van der Waals surface area contributed by atoms with Gasteiger partial charge in [-0.2, -0.15) is 0 Å². The smallest absolute Gasteiger partial charge is 0.123 e. The van der Waals surface area contributed by atoms with Crippen LogP contribution in [-0.2, 0) is 4.79 Å². The molecule has 0 aromatic rings. The first-order valence-corrected chi connectivity index (χ1v) is 5.00. The lowest BCUT2D eigenvalue weighted by molar-refractivity contribution is -0.107. The van der Waals surface area contributed by atoms with Crippen LogP contribution < -0.4 is 0 Å². The molecule has 1 atom stereocenters. The van der Waals surface area contributed by atoms with E-state index in [9.17, 15) is 4.79 Å². The third-order valence-corrected chi connectivity index (χ3v) is 2.82. The molecule has 0 bridgehead atoms. The van der Waals surface area contributed by atoms with Crippen LogP contribution in [-0.4, -0.2) is 6.29 Å². The average Bonchev–Trinajstić information content (AvgIpc) is 2.15. The van der Waals surface area contributed by atoms with Crippen molar-refractivity contribution in [1.29, 1.82) is 0 Å². The van der Waals surface area contributed by atoms with E-state index in [0.29, 0.717) is 12.3 Å². The van der Waals surface area contributed by atoms with Crippen molar-refractivity contribution in [1.82, 2.24) is 0 Å². The molecule has 1 aliphatic carbocycles. The van der Waals surface area contributed by atoms with Gasteiger partial charge in [-0.3, -0.25) is 0 Å². The minimum absolute atomic E-state index is 0.574. The van der Waals surface area contributed by atoms with E-state index in [0.717, 1.165) is 12.7 Å². The summed E-state index contributed by atoms with van der Waals surface area (Å²) in [4.78, 5) is 10.2. The molecule has 1 unspecified atom stereocenters. The van der Waals surface area contributed by atoms with E-state index >= 15 is 0 Å². The largest absolute Gasteiger partial charge is 0.303 e. The number of carbonyl (C=O) groups is 1. The zero-order valence-electron chi connectivity index (χ0n) is 8.55. The van der Waals surface area contributed by atoms with Crippen LogP contribution in [0.1, 0.15) is 39.5 Å². The van der Waals surface area contributed by atoms with Crippen LogP contribution in [0, 0.1) is 5.92 Å². The molecule has 0 aromatic heterocycles. The lowest BCUT2D eigenvalue weighted by atomic mass is 9.85. The van der Waals surface area contributed by atoms with E-state index in [4.69, 9.17) is 0 Å². The van der Waals surface area contributed by atoms with Gasteiger partial charge in [0.2, 0.25) is 0 Å². The highest BCUT2D eigenvalue weighted by atomic mass is 16.1. The van der Waals surface area contributed by atoms with Gasteiger partial charge < -0.3 is 4.79 Å². The Morgan fingerprint density at radius 3 is 3.00 bits per heavy atom. The first kappa shape index (κ1) is 10.2. The highest BCUT2D eigenvalue weighted by molar-refractivity contribution is 5.52. The Balaban J connectivity index is 2.49. The van der Waals surface area contributed by atoms with Crippen LogP contribution in [0.2, 0.25) is 0 Å². The predicted molar refractivity (Wildman–Crippen MR) is 55.5 cm³/mol. The van der Waals surface area contributed by atoms with E-state index in [1.807, 2.05) is 0 Å². The monoisotopic (exact) mass is 178 g/mol. The van der Waals surface area contributed by atoms with Crippen molar-refractivity contribution in [3.8, 4) is 0 Å². The molecular formula is C12H18O. The molecule has 1 nitrogen and oxygen atoms in total. The fraction of sp³-hybridized carbons (Fsp3) is 0.583. The maximum Gasteiger partial charge on any atom is 0.123 e. The summed E-state index contributed by atoms with van der Waals surface area (Å²) in [6, 6.07) is 0. The van der Waals surface area contributed by atoms with Gasteiger partial charge in [0.05, 0.1) is 0 Å². The van der Waals surface area contributed by atoms with Gasteiger partial charge in [0, 0.05) is 6.42 Å². The first-order valence-electron chi connectivity index (χ1n) is 5.00. The van der Waals surface area contributed by atoms with Crippen molar-refractivity contribution in [3.63, 3.8) is 0 Å². The summed E-state index contributed by atoms with van der Waals surface area (Å²) in [6.07, 6.45) is 9.56. The molecule has 0 N–H and O–H groups in total. The Hall–Kier alpha value is -0.850. The molecule has 72 valence electrons. The summed E-state index contributed by atoms with van der Waals surface area (Å²) in [5.74, 6) is 0.684. The highest BCUT2D eigenvalue weighted by Crippen LogP contribution is 2.28. The van der Waals surface area contributed by atoms with Gasteiger partial charge >= 0.3 is 0 Å². The van der Waals surface area contributed by atoms with Crippen LogP contribution in [0.3, 0.4) is 0 Å². The summed E-state index contributed by atoms with van der Waals surface area (Å²) >= 11 is 0. The van der Waals surface area contributed by atoms with E-state index in [1.54, 1.807) is 0 Å². The fourth-order valence-electron chi connectivity index (χ4n) is 1.78. The van der Waals surface area contributed by atoms with Crippen molar-refractivity contribution in [2.24, 2.45) is 5.92 Å². The normalized spacial score (nSPS) is 24.0. The van der Waals surface area contributed by atoms with Crippen LogP contribution in [0.5, 0.6) is 0 Å². The van der Waals surface area contributed by atoms with Crippen LogP contribution in [0.25, 0.3) is 0 Å². The second kappa shape index (κ2) is 5.00. The zero-order chi connectivity index (χ0) is 9.68. The van der Waals surface area contributed by atoms with Crippen LogP contribution >= 0.6 is 0 Å². The molecule has 0 aromatic carbocycles. The second-order valence-electron chi connectivity index (χ2n) is 3.87. The summed E-state index contributed by atoms with van der Waals surface area (Å²) < 4.78 is 0. The predicted octanol–water partition coefficient (Wildman–Crippen LogP) is 3.27. The molecule has 0 spiro atoms. The third-order valence-electron chi connectivity index (χ3n) is 2.82. The molecule has 1 aliphatic rings. The van der Waals surface area contributed by atoms with E-state index in [1.165, 1.54) is 24.0 Å². The second-order valence-corrected chi connectivity index (χ2v) is 3.87. The molecule has 0 heterocycles. The molecule has 0 saturated heterocycles. The van der Waals surface area contributed by atoms with Gasteiger partial charge in [0.25, 0.3) is 0 Å².